The maximum atomic E-state index is 10.4. The van der Waals surface area contributed by atoms with Gasteiger partial charge in [-0.3, -0.25) is 0 Å². The predicted octanol–water partition coefficient (Wildman–Crippen LogP) is 1.05. The summed E-state index contributed by atoms with van der Waals surface area (Å²) in [6.07, 6.45) is 0. The number of nitrogens with zero attached hydrogens (tertiary/aromatic N) is 1. The Morgan fingerprint density at radius 1 is 1.18 bits per heavy atom. The first-order valence-corrected chi connectivity index (χ1v) is 4.00. The highest BCUT2D eigenvalue weighted by Crippen LogP contribution is 2.18. The van der Waals surface area contributed by atoms with Gasteiger partial charge in [0.2, 0.25) is 0 Å². The van der Waals surface area contributed by atoms with E-state index in [-0.39, 0.29) is 10.6 Å². The first-order valence-electron chi connectivity index (χ1n) is 2.82. The van der Waals surface area contributed by atoms with Crippen LogP contribution in [0.5, 0.6) is 0 Å². The Labute approximate surface area is 64.8 Å². The van der Waals surface area contributed by atoms with Gasteiger partial charge in [-0.2, -0.15) is 0 Å². The molecule has 58 valence electrons. The van der Waals surface area contributed by atoms with Crippen molar-refractivity contribution in [1.82, 2.24) is 0 Å². The lowest BCUT2D eigenvalue weighted by Gasteiger charge is -1.90. The van der Waals surface area contributed by atoms with Crippen molar-refractivity contribution in [2.24, 2.45) is 5.18 Å². The van der Waals surface area contributed by atoms with Gasteiger partial charge in [-0.1, -0.05) is 12.1 Å². The Morgan fingerprint density at radius 2 is 1.82 bits per heavy atom. The van der Waals surface area contributed by atoms with Crippen molar-refractivity contribution in [3.63, 3.8) is 0 Å². The Kier molecular flexibility index (Phi) is 2.32. The Balaban J connectivity index is 3.34. The molecule has 0 spiro atoms. The summed E-state index contributed by atoms with van der Waals surface area (Å²) >= 11 is 0. The fourth-order valence-corrected chi connectivity index (χ4v) is 1.21. The number of rotatable bonds is 2. The normalized spacial score (nSPS) is 9.91. The van der Waals surface area contributed by atoms with Gasteiger partial charge in [0.15, 0.2) is 10.7 Å². The molecule has 0 aliphatic carbocycles. The second-order valence-corrected chi connectivity index (χ2v) is 2.83. The number of hydrogen-bond donors (Lipinski definition) is 1. The topological polar surface area (TPSA) is 63.6 Å². The maximum absolute atomic E-state index is 10.4. The minimum absolute atomic E-state index is 0.0301. The molecule has 1 aromatic carbocycles. The fraction of sp³-hybridized carbons (Fsp3) is 0. The molecule has 0 saturated carbocycles. The van der Waals surface area contributed by atoms with Gasteiger partial charge in [0.25, 0.3) is 0 Å². The van der Waals surface area contributed by atoms with Gasteiger partial charge in [-0.15, -0.1) is 4.91 Å². The number of thiol groups is 1. The number of hydrogen-bond acceptors (Lipinski definition) is 4. The van der Waals surface area contributed by atoms with E-state index in [1.54, 1.807) is 6.07 Å². The smallest absolute Gasteiger partial charge is 0.170 e. The van der Waals surface area contributed by atoms with Crippen molar-refractivity contribution in [2.75, 3.05) is 0 Å². The lowest BCUT2D eigenvalue weighted by molar-refractivity contribution is 0.615. The summed E-state index contributed by atoms with van der Waals surface area (Å²) in [6, 6.07) is 5.78. The maximum Gasteiger partial charge on any atom is 0.170 e. The van der Waals surface area contributed by atoms with Crippen LogP contribution in [0.15, 0.2) is 34.3 Å². The quantitative estimate of drug-likeness (QED) is 0.534. The first-order chi connectivity index (χ1) is 5.25. The van der Waals surface area contributed by atoms with E-state index in [0.29, 0.717) is 0 Å². The van der Waals surface area contributed by atoms with Crippen LogP contribution in [0.2, 0.25) is 0 Å². The average Bonchev–Trinajstić information content (AvgIpc) is 2.04. The minimum Gasteiger partial charge on any atom is -0.227 e. The molecule has 0 heterocycles. The van der Waals surface area contributed by atoms with Crippen LogP contribution in [0, 0.1) is 4.91 Å². The summed E-state index contributed by atoms with van der Waals surface area (Å²) in [5.74, 6) is 0. The summed E-state index contributed by atoms with van der Waals surface area (Å²) in [5, 5.41) is 2.56. The van der Waals surface area contributed by atoms with Crippen molar-refractivity contribution in [3.8, 4) is 0 Å². The van der Waals surface area contributed by atoms with E-state index >= 15 is 0 Å². The molecule has 1 aromatic rings. The van der Waals surface area contributed by atoms with E-state index in [4.69, 9.17) is 0 Å². The summed E-state index contributed by atoms with van der Waals surface area (Å²) in [5.41, 5.74) is -0.0383. The van der Waals surface area contributed by atoms with Crippen molar-refractivity contribution in [1.29, 1.82) is 0 Å². The van der Waals surface area contributed by atoms with Crippen molar-refractivity contribution in [3.05, 3.63) is 29.2 Å². The van der Waals surface area contributed by atoms with Crippen LogP contribution in [0.3, 0.4) is 0 Å². The summed E-state index contributed by atoms with van der Waals surface area (Å²) in [4.78, 5) is 9.98. The summed E-state index contributed by atoms with van der Waals surface area (Å²) in [7, 11) is -2.72. The highest BCUT2D eigenvalue weighted by Gasteiger charge is 2.01. The standard InChI is InChI=1S/C6H5NO3S/c8-7-5-3-1-2-4-6(5)11(9)10/h1-4,11H. The molecule has 4 nitrogen and oxygen atoms in total. The predicted molar refractivity (Wildman–Crippen MR) is 40.5 cm³/mol. The molecule has 1 rings (SSSR count). The van der Waals surface area contributed by atoms with Crippen molar-refractivity contribution >= 4 is 16.4 Å². The van der Waals surface area contributed by atoms with Crippen LogP contribution in [-0.2, 0) is 10.7 Å². The van der Waals surface area contributed by atoms with Crippen LogP contribution < -0.4 is 0 Å². The molecule has 11 heavy (non-hydrogen) atoms. The van der Waals surface area contributed by atoms with Crippen molar-refractivity contribution < 1.29 is 8.42 Å². The summed E-state index contributed by atoms with van der Waals surface area (Å²) < 4.78 is 20.8. The van der Waals surface area contributed by atoms with Gasteiger partial charge < -0.3 is 0 Å². The molecule has 0 bridgehead atoms. The van der Waals surface area contributed by atoms with Crippen LogP contribution in [0.1, 0.15) is 0 Å². The first kappa shape index (κ1) is 7.87. The van der Waals surface area contributed by atoms with Gasteiger partial charge in [-0.05, 0) is 17.3 Å². The molecular formula is C6H5NO3S. The van der Waals surface area contributed by atoms with E-state index in [1.807, 2.05) is 0 Å². The minimum atomic E-state index is -2.72. The van der Waals surface area contributed by atoms with Gasteiger partial charge in [0.1, 0.15) is 5.69 Å². The third-order valence-corrected chi connectivity index (χ3v) is 1.95. The van der Waals surface area contributed by atoms with Gasteiger partial charge >= 0.3 is 0 Å². The lowest BCUT2D eigenvalue weighted by Crippen LogP contribution is -1.78. The zero-order valence-electron chi connectivity index (χ0n) is 5.43. The second-order valence-electron chi connectivity index (χ2n) is 1.84. The van der Waals surface area contributed by atoms with Crippen LogP contribution in [0.25, 0.3) is 0 Å². The number of nitroso groups, excluding NO2 is 1. The van der Waals surface area contributed by atoms with Gasteiger partial charge in [-0.25, -0.2) is 8.42 Å². The fourth-order valence-electron chi connectivity index (χ4n) is 0.696. The molecule has 0 atom stereocenters. The summed E-state index contributed by atoms with van der Waals surface area (Å²) in [6.45, 7) is 0. The molecule has 5 heteroatoms. The number of benzene rings is 1. The largest absolute Gasteiger partial charge is 0.227 e. The molecule has 0 amide bonds. The Hall–Kier alpha value is -1.23. The SMILES string of the molecule is O=Nc1ccccc1[SH](=O)=O. The Bertz CT molecular complexity index is 337. The highest BCUT2D eigenvalue weighted by molar-refractivity contribution is 7.72. The molecular weight excluding hydrogens is 166 g/mol. The molecule has 0 fully saturated rings. The average molecular weight is 171 g/mol. The van der Waals surface area contributed by atoms with Gasteiger partial charge in [0, 0.05) is 0 Å². The monoisotopic (exact) mass is 171 g/mol. The molecule has 0 unspecified atom stereocenters. The van der Waals surface area contributed by atoms with Crippen molar-refractivity contribution in [2.45, 2.75) is 4.90 Å². The zero-order valence-corrected chi connectivity index (χ0v) is 6.32. The highest BCUT2D eigenvalue weighted by atomic mass is 32.2. The second kappa shape index (κ2) is 3.25. The van der Waals surface area contributed by atoms with E-state index in [0.717, 1.165) is 0 Å². The van der Waals surface area contributed by atoms with Crippen LogP contribution in [0.4, 0.5) is 5.69 Å². The lowest BCUT2D eigenvalue weighted by atomic mass is 10.3. The Morgan fingerprint density at radius 3 is 2.27 bits per heavy atom. The third-order valence-electron chi connectivity index (χ3n) is 1.18. The molecule has 0 saturated heterocycles. The molecule has 0 radical (unpaired) electrons. The zero-order chi connectivity index (χ0) is 8.27. The third kappa shape index (κ3) is 1.62. The van der Waals surface area contributed by atoms with E-state index in [2.05, 4.69) is 5.18 Å². The van der Waals surface area contributed by atoms with Crippen LogP contribution >= 0.6 is 0 Å². The van der Waals surface area contributed by atoms with E-state index in [1.165, 1.54) is 18.2 Å². The molecule has 0 aliphatic heterocycles. The van der Waals surface area contributed by atoms with Crippen LogP contribution in [-0.4, -0.2) is 8.42 Å². The van der Waals surface area contributed by atoms with Gasteiger partial charge in [0.05, 0.1) is 4.90 Å². The molecule has 0 N–H and O–H groups in total. The van der Waals surface area contributed by atoms with E-state index in [9.17, 15) is 13.3 Å². The van der Waals surface area contributed by atoms with E-state index < -0.39 is 10.7 Å². The molecule has 0 aliphatic rings. The molecule has 0 aromatic heterocycles.